The van der Waals surface area contributed by atoms with Crippen LogP contribution < -0.4 is 5.32 Å². The molecule has 1 aromatic carbocycles. The quantitative estimate of drug-likeness (QED) is 0.861. The molecule has 1 heterocycles. The van der Waals surface area contributed by atoms with Crippen molar-refractivity contribution in [3.05, 3.63) is 47.3 Å². The molecule has 3 heteroatoms. The minimum Gasteiger partial charge on any atom is -0.310 e. The molecule has 1 N–H and O–H groups in total. The van der Waals surface area contributed by atoms with Gasteiger partial charge in [-0.3, -0.25) is 0 Å². The Morgan fingerprint density at radius 1 is 1.29 bits per heavy atom. The Labute approximate surface area is 127 Å². The van der Waals surface area contributed by atoms with Crippen LogP contribution in [0, 0.1) is 6.92 Å². The second kappa shape index (κ2) is 6.44. The number of rotatable bonds is 4. The van der Waals surface area contributed by atoms with Gasteiger partial charge in [0.1, 0.15) is 0 Å². The van der Waals surface area contributed by atoms with Crippen LogP contribution in [0.5, 0.6) is 0 Å². The summed E-state index contributed by atoms with van der Waals surface area (Å²) >= 11 is 0. The highest BCUT2D eigenvalue weighted by atomic mass is 15.3. The fourth-order valence-corrected chi connectivity index (χ4v) is 3.26. The van der Waals surface area contributed by atoms with Gasteiger partial charge >= 0.3 is 0 Å². The highest BCUT2D eigenvalue weighted by molar-refractivity contribution is 5.42. The van der Waals surface area contributed by atoms with Crippen LogP contribution in [0.2, 0.25) is 0 Å². The van der Waals surface area contributed by atoms with Crippen LogP contribution in [0.3, 0.4) is 0 Å². The SMILES string of the molecule is CCCNC1CCCCc2c1cnn2-c1ccccc1C. The third kappa shape index (κ3) is 2.88. The van der Waals surface area contributed by atoms with Crippen molar-refractivity contribution in [1.29, 1.82) is 0 Å². The summed E-state index contributed by atoms with van der Waals surface area (Å²) in [4.78, 5) is 0. The van der Waals surface area contributed by atoms with E-state index in [0.717, 1.165) is 13.0 Å². The van der Waals surface area contributed by atoms with Gasteiger partial charge in [0.05, 0.1) is 11.9 Å². The summed E-state index contributed by atoms with van der Waals surface area (Å²) in [5, 5.41) is 8.40. The molecule has 0 amide bonds. The maximum atomic E-state index is 4.71. The molecular weight excluding hydrogens is 258 g/mol. The fraction of sp³-hybridized carbons (Fsp3) is 0.500. The Bertz CT molecular complexity index is 600. The predicted molar refractivity (Wildman–Crippen MR) is 86.9 cm³/mol. The third-order valence-corrected chi connectivity index (χ3v) is 4.42. The standard InChI is InChI=1S/C18H25N3/c1-3-12-19-16-9-5-7-11-18-15(16)13-20-21(18)17-10-6-4-8-14(17)2/h4,6,8,10,13,16,19H,3,5,7,9,11-12H2,1-2H3. The van der Waals surface area contributed by atoms with Gasteiger partial charge in [0.2, 0.25) is 0 Å². The topological polar surface area (TPSA) is 29.9 Å². The first kappa shape index (κ1) is 14.3. The maximum Gasteiger partial charge on any atom is 0.0678 e. The monoisotopic (exact) mass is 283 g/mol. The van der Waals surface area contributed by atoms with E-state index >= 15 is 0 Å². The average Bonchev–Trinajstić information content (AvgIpc) is 2.80. The molecule has 1 aliphatic rings. The molecule has 3 rings (SSSR count). The highest BCUT2D eigenvalue weighted by Crippen LogP contribution is 2.30. The van der Waals surface area contributed by atoms with E-state index in [1.54, 1.807) is 0 Å². The summed E-state index contributed by atoms with van der Waals surface area (Å²) in [6.45, 7) is 5.47. The average molecular weight is 283 g/mol. The minimum absolute atomic E-state index is 0.472. The van der Waals surface area contributed by atoms with Crippen molar-refractivity contribution < 1.29 is 0 Å². The van der Waals surface area contributed by atoms with Crippen molar-refractivity contribution in [2.75, 3.05) is 6.54 Å². The molecule has 0 aliphatic heterocycles. The number of nitrogens with zero attached hydrogens (tertiary/aromatic N) is 2. The normalized spacial score (nSPS) is 18.3. The van der Waals surface area contributed by atoms with E-state index in [9.17, 15) is 0 Å². The number of aryl methyl sites for hydroxylation is 1. The largest absolute Gasteiger partial charge is 0.310 e. The summed E-state index contributed by atoms with van der Waals surface area (Å²) < 4.78 is 2.16. The lowest BCUT2D eigenvalue weighted by atomic mass is 10.1. The van der Waals surface area contributed by atoms with E-state index in [2.05, 4.69) is 54.3 Å². The number of hydrogen-bond donors (Lipinski definition) is 1. The molecule has 3 nitrogen and oxygen atoms in total. The number of hydrogen-bond acceptors (Lipinski definition) is 2. The summed E-state index contributed by atoms with van der Waals surface area (Å²) in [5.74, 6) is 0. The van der Waals surface area contributed by atoms with Crippen molar-refractivity contribution in [1.82, 2.24) is 15.1 Å². The van der Waals surface area contributed by atoms with E-state index in [0.29, 0.717) is 6.04 Å². The number of para-hydroxylation sites is 1. The lowest BCUT2D eigenvalue weighted by Gasteiger charge is -2.16. The van der Waals surface area contributed by atoms with Crippen molar-refractivity contribution in [2.24, 2.45) is 0 Å². The van der Waals surface area contributed by atoms with Gasteiger partial charge in [-0.2, -0.15) is 5.10 Å². The number of benzene rings is 1. The van der Waals surface area contributed by atoms with Crippen molar-refractivity contribution in [3.63, 3.8) is 0 Å². The van der Waals surface area contributed by atoms with Crippen LogP contribution in [0.4, 0.5) is 0 Å². The Hall–Kier alpha value is -1.61. The first-order valence-electron chi connectivity index (χ1n) is 8.17. The Balaban J connectivity index is 1.99. The lowest BCUT2D eigenvalue weighted by molar-refractivity contribution is 0.489. The molecular formula is C18H25N3. The Morgan fingerprint density at radius 2 is 2.14 bits per heavy atom. The minimum atomic E-state index is 0.472. The Morgan fingerprint density at radius 3 is 2.95 bits per heavy atom. The second-order valence-electron chi connectivity index (χ2n) is 6.00. The van der Waals surface area contributed by atoms with Gasteiger partial charge in [-0.25, -0.2) is 4.68 Å². The molecule has 1 aliphatic carbocycles. The first-order chi connectivity index (χ1) is 10.3. The van der Waals surface area contributed by atoms with Gasteiger partial charge in [0.15, 0.2) is 0 Å². The molecule has 0 saturated heterocycles. The van der Waals surface area contributed by atoms with Gasteiger partial charge in [0.25, 0.3) is 0 Å². The number of aromatic nitrogens is 2. The van der Waals surface area contributed by atoms with Crippen LogP contribution in [0.15, 0.2) is 30.5 Å². The van der Waals surface area contributed by atoms with E-state index in [1.165, 1.54) is 48.2 Å². The van der Waals surface area contributed by atoms with E-state index in [4.69, 9.17) is 5.10 Å². The molecule has 1 aromatic heterocycles. The van der Waals surface area contributed by atoms with E-state index in [-0.39, 0.29) is 0 Å². The highest BCUT2D eigenvalue weighted by Gasteiger charge is 2.22. The number of fused-ring (bicyclic) bond motifs is 1. The molecule has 0 fully saturated rings. The molecule has 21 heavy (non-hydrogen) atoms. The molecule has 1 unspecified atom stereocenters. The van der Waals surface area contributed by atoms with Gasteiger partial charge in [0, 0.05) is 17.3 Å². The lowest BCUT2D eigenvalue weighted by Crippen LogP contribution is -2.22. The van der Waals surface area contributed by atoms with Crippen molar-refractivity contribution in [2.45, 2.75) is 52.0 Å². The summed E-state index contributed by atoms with van der Waals surface area (Å²) in [5.41, 5.74) is 5.31. The summed E-state index contributed by atoms with van der Waals surface area (Å²) in [6, 6.07) is 8.99. The van der Waals surface area contributed by atoms with Crippen LogP contribution in [-0.4, -0.2) is 16.3 Å². The number of nitrogens with one attached hydrogen (secondary N) is 1. The van der Waals surface area contributed by atoms with Crippen LogP contribution >= 0.6 is 0 Å². The molecule has 112 valence electrons. The zero-order valence-electron chi connectivity index (χ0n) is 13.1. The van der Waals surface area contributed by atoms with E-state index in [1.807, 2.05) is 0 Å². The predicted octanol–water partition coefficient (Wildman–Crippen LogP) is 3.95. The van der Waals surface area contributed by atoms with E-state index < -0.39 is 0 Å². The Kier molecular flexibility index (Phi) is 4.39. The summed E-state index contributed by atoms with van der Waals surface area (Å²) in [7, 11) is 0. The molecule has 0 radical (unpaired) electrons. The van der Waals surface area contributed by atoms with Gasteiger partial charge in [-0.15, -0.1) is 0 Å². The van der Waals surface area contributed by atoms with Crippen LogP contribution in [0.1, 0.15) is 55.5 Å². The van der Waals surface area contributed by atoms with Crippen LogP contribution in [-0.2, 0) is 6.42 Å². The zero-order chi connectivity index (χ0) is 14.7. The smallest absolute Gasteiger partial charge is 0.0678 e. The fourth-order valence-electron chi connectivity index (χ4n) is 3.26. The third-order valence-electron chi connectivity index (χ3n) is 4.42. The summed E-state index contributed by atoms with van der Waals surface area (Å²) in [6.07, 6.45) is 8.18. The van der Waals surface area contributed by atoms with Crippen molar-refractivity contribution in [3.8, 4) is 5.69 Å². The van der Waals surface area contributed by atoms with Crippen molar-refractivity contribution >= 4 is 0 Å². The second-order valence-corrected chi connectivity index (χ2v) is 6.00. The first-order valence-corrected chi connectivity index (χ1v) is 8.17. The van der Waals surface area contributed by atoms with Gasteiger partial charge in [-0.1, -0.05) is 31.5 Å². The van der Waals surface area contributed by atoms with Gasteiger partial charge in [-0.05, 0) is 50.8 Å². The zero-order valence-corrected chi connectivity index (χ0v) is 13.1. The molecule has 1 atom stereocenters. The maximum absolute atomic E-state index is 4.71. The molecule has 2 aromatic rings. The van der Waals surface area contributed by atoms with Gasteiger partial charge < -0.3 is 5.32 Å². The van der Waals surface area contributed by atoms with Crippen LogP contribution in [0.25, 0.3) is 5.69 Å². The molecule has 0 bridgehead atoms. The molecule has 0 saturated carbocycles. The molecule has 0 spiro atoms.